The lowest BCUT2D eigenvalue weighted by atomic mass is 9.94. The minimum atomic E-state index is -0.722. The van der Waals surface area contributed by atoms with E-state index in [2.05, 4.69) is 0 Å². The summed E-state index contributed by atoms with van der Waals surface area (Å²) in [7, 11) is 0. The molecule has 2 rings (SSSR count). The Bertz CT molecular complexity index is 590. The molecule has 0 spiro atoms. The van der Waals surface area contributed by atoms with Crippen LogP contribution in [-0.2, 0) is 0 Å². The summed E-state index contributed by atoms with van der Waals surface area (Å²) in [5.74, 6) is -1.78. The zero-order chi connectivity index (χ0) is 14.7. The van der Waals surface area contributed by atoms with Gasteiger partial charge in [-0.3, -0.25) is 0 Å². The van der Waals surface area contributed by atoms with Crippen LogP contribution in [0.1, 0.15) is 24.8 Å². The molecule has 1 nitrogen and oxygen atoms in total. The molecule has 1 atom stereocenters. The molecular formula is C16H16F3N. The largest absolute Gasteiger partial charge is 0.330 e. The van der Waals surface area contributed by atoms with Crippen LogP contribution < -0.4 is 5.73 Å². The van der Waals surface area contributed by atoms with Gasteiger partial charge in [-0.2, -0.15) is 0 Å². The van der Waals surface area contributed by atoms with Crippen molar-refractivity contribution in [2.45, 2.75) is 19.3 Å². The number of nitrogens with two attached hydrogens (primary N) is 1. The molecular weight excluding hydrogens is 263 g/mol. The van der Waals surface area contributed by atoms with Crippen LogP contribution in [0.15, 0.2) is 36.4 Å². The van der Waals surface area contributed by atoms with Gasteiger partial charge in [-0.05, 0) is 54.3 Å². The highest BCUT2D eigenvalue weighted by atomic mass is 19.1. The maximum atomic E-state index is 13.9. The SMILES string of the molecule is CC(CCN)c1ccc(F)c(-c2cc(F)cc(F)c2)c1. The van der Waals surface area contributed by atoms with Crippen molar-refractivity contribution in [2.24, 2.45) is 5.73 Å². The van der Waals surface area contributed by atoms with Crippen LogP contribution >= 0.6 is 0 Å². The Labute approximate surface area is 116 Å². The fourth-order valence-electron chi connectivity index (χ4n) is 2.20. The third kappa shape index (κ3) is 3.20. The number of halogens is 3. The van der Waals surface area contributed by atoms with Crippen molar-refractivity contribution in [3.63, 3.8) is 0 Å². The van der Waals surface area contributed by atoms with Gasteiger partial charge in [-0.25, -0.2) is 13.2 Å². The molecule has 2 N–H and O–H groups in total. The molecule has 2 aromatic rings. The molecule has 4 heteroatoms. The van der Waals surface area contributed by atoms with Gasteiger partial charge in [-0.15, -0.1) is 0 Å². The van der Waals surface area contributed by atoms with E-state index in [0.29, 0.717) is 6.54 Å². The van der Waals surface area contributed by atoms with Gasteiger partial charge in [0.05, 0.1) is 0 Å². The predicted molar refractivity (Wildman–Crippen MR) is 73.8 cm³/mol. The molecule has 0 aliphatic carbocycles. The molecule has 0 saturated carbocycles. The second-order valence-electron chi connectivity index (χ2n) is 4.88. The number of hydrogen-bond acceptors (Lipinski definition) is 1. The summed E-state index contributed by atoms with van der Waals surface area (Å²) in [6.45, 7) is 2.51. The Balaban J connectivity index is 2.47. The fourth-order valence-corrected chi connectivity index (χ4v) is 2.20. The first-order chi connectivity index (χ1) is 9.51. The van der Waals surface area contributed by atoms with E-state index < -0.39 is 17.5 Å². The molecule has 0 heterocycles. The van der Waals surface area contributed by atoms with Crippen molar-refractivity contribution in [2.75, 3.05) is 6.54 Å². The van der Waals surface area contributed by atoms with Crippen LogP contribution in [-0.4, -0.2) is 6.54 Å². The van der Waals surface area contributed by atoms with E-state index in [1.165, 1.54) is 6.07 Å². The Morgan fingerprint density at radius 2 is 1.65 bits per heavy atom. The van der Waals surface area contributed by atoms with E-state index in [-0.39, 0.29) is 17.0 Å². The summed E-state index contributed by atoms with van der Waals surface area (Å²) in [5.41, 5.74) is 6.81. The summed E-state index contributed by atoms with van der Waals surface area (Å²) in [6, 6.07) is 7.64. The summed E-state index contributed by atoms with van der Waals surface area (Å²) in [5, 5.41) is 0. The standard InChI is InChI=1S/C16H16F3N/c1-10(4-5-20)11-2-3-16(19)15(8-11)12-6-13(17)9-14(18)7-12/h2-3,6-10H,4-5,20H2,1H3. The molecule has 106 valence electrons. The average Bonchev–Trinajstić information content (AvgIpc) is 2.38. The molecule has 0 aromatic heterocycles. The number of benzene rings is 2. The van der Waals surface area contributed by atoms with Crippen molar-refractivity contribution in [1.82, 2.24) is 0 Å². The highest BCUT2D eigenvalue weighted by Gasteiger charge is 2.12. The lowest BCUT2D eigenvalue weighted by Gasteiger charge is -2.13. The second-order valence-corrected chi connectivity index (χ2v) is 4.88. The Hall–Kier alpha value is -1.81. The highest BCUT2D eigenvalue weighted by molar-refractivity contribution is 5.65. The van der Waals surface area contributed by atoms with E-state index >= 15 is 0 Å². The lowest BCUT2D eigenvalue weighted by molar-refractivity contribution is 0.583. The van der Waals surface area contributed by atoms with Gasteiger partial charge in [0.25, 0.3) is 0 Å². The van der Waals surface area contributed by atoms with Crippen LogP contribution in [0, 0.1) is 17.5 Å². The van der Waals surface area contributed by atoms with Crippen LogP contribution in [0.3, 0.4) is 0 Å². The first-order valence-electron chi connectivity index (χ1n) is 6.47. The molecule has 0 bridgehead atoms. The summed E-state index contributed by atoms with van der Waals surface area (Å²) >= 11 is 0. The Kier molecular flexibility index (Phi) is 4.45. The van der Waals surface area contributed by atoms with Crippen molar-refractivity contribution in [3.05, 3.63) is 59.4 Å². The first kappa shape index (κ1) is 14.6. The fraction of sp³-hybridized carbons (Fsp3) is 0.250. The zero-order valence-electron chi connectivity index (χ0n) is 11.2. The molecule has 0 aliphatic heterocycles. The maximum absolute atomic E-state index is 13.9. The minimum absolute atomic E-state index is 0.165. The van der Waals surface area contributed by atoms with E-state index in [1.54, 1.807) is 12.1 Å². The second kappa shape index (κ2) is 6.09. The van der Waals surface area contributed by atoms with Crippen molar-refractivity contribution in [1.29, 1.82) is 0 Å². The number of rotatable bonds is 4. The van der Waals surface area contributed by atoms with E-state index in [0.717, 1.165) is 30.2 Å². The van der Waals surface area contributed by atoms with E-state index in [4.69, 9.17) is 5.73 Å². The first-order valence-corrected chi connectivity index (χ1v) is 6.47. The third-order valence-electron chi connectivity index (χ3n) is 3.33. The molecule has 0 aliphatic rings. The van der Waals surface area contributed by atoms with Crippen molar-refractivity contribution in [3.8, 4) is 11.1 Å². The van der Waals surface area contributed by atoms with E-state index in [9.17, 15) is 13.2 Å². The van der Waals surface area contributed by atoms with Gasteiger partial charge in [0, 0.05) is 11.6 Å². The van der Waals surface area contributed by atoms with Gasteiger partial charge >= 0.3 is 0 Å². The average molecular weight is 279 g/mol. The third-order valence-corrected chi connectivity index (χ3v) is 3.33. The van der Waals surface area contributed by atoms with Crippen LogP contribution in [0.5, 0.6) is 0 Å². The molecule has 0 fully saturated rings. The lowest BCUT2D eigenvalue weighted by Crippen LogP contribution is -2.05. The van der Waals surface area contributed by atoms with Crippen LogP contribution in [0.25, 0.3) is 11.1 Å². The molecule has 1 unspecified atom stereocenters. The van der Waals surface area contributed by atoms with Gasteiger partial charge in [0.1, 0.15) is 17.5 Å². The van der Waals surface area contributed by atoms with Crippen molar-refractivity contribution >= 4 is 0 Å². The molecule has 20 heavy (non-hydrogen) atoms. The minimum Gasteiger partial charge on any atom is -0.330 e. The van der Waals surface area contributed by atoms with Gasteiger partial charge in [0.15, 0.2) is 0 Å². The van der Waals surface area contributed by atoms with Gasteiger partial charge in [-0.1, -0.05) is 13.0 Å². The highest BCUT2D eigenvalue weighted by Crippen LogP contribution is 2.29. The van der Waals surface area contributed by atoms with Gasteiger partial charge < -0.3 is 5.73 Å². The molecule has 2 aromatic carbocycles. The monoisotopic (exact) mass is 279 g/mol. The molecule has 0 saturated heterocycles. The Morgan fingerprint density at radius 1 is 1.00 bits per heavy atom. The normalized spacial score (nSPS) is 12.4. The summed E-state index contributed by atoms with van der Waals surface area (Å²) in [6.07, 6.45) is 0.766. The quantitative estimate of drug-likeness (QED) is 0.890. The maximum Gasteiger partial charge on any atom is 0.131 e. The molecule has 0 amide bonds. The van der Waals surface area contributed by atoms with Gasteiger partial charge in [0.2, 0.25) is 0 Å². The smallest absolute Gasteiger partial charge is 0.131 e. The van der Waals surface area contributed by atoms with Crippen LogP contribution in [0.4, 0.5) is 13.2 Å². The summed E-state index contributed by atoms with van der Waals surface area (Å²) in [4.78, 5) is 0. The van der Waals surface area contributed by atoms with Crippen molar-refractivity contribution < 1.29 is 13.2 Å². The number of hydrogen-bond donors (Lipinski definition) is 1. The predicted octanol–water partition coefficient (Wildman–Crippen LogP) is 4.22. The Morgan fingerprint density at radius 3 is 2.25 bits per heavy atom. The zero-order valence-corrected chi connectivity index (χ0v) is 11.2. The summed E-state index contributed by atoms with van der Waals surface area (Å²) < 4.78 is 40.4. The van der Waals surface area contributed by atoms with E-state index in [1.807, 2.05) is 6.92 Å². The molecule has 0 radical (unpaired) electrons. The topological polar surface area (TPSA) is 26.0 Å². The van der Waals surface area contributed by atoms with Crippen LogP contribution in [0.2, 0.25) is 0 Å².